The fraction of sp³-hybridized carbons (Fsp3) is 0.500. The predicted octanol–water partition coefficient (Wildman–Crippen LogP) is 3.36. The molecule has 10 heavy (non-hydrogen) atoms. The van der Waals surface area contributed by atoms with E-state index in [1.54, 1.807) is 18.8 Å². The van der Waals surface area contributed by atoms with Crippen molar-refractivity contribution in [2.24, 2.45) is 0 Å². The van der Waals surface area contributed by atoms with Crippen molar-refractivity contribution < 1.29 is 18.8 Å². The van der Waals surface area contributed by atoms with E-state index in [0.29, 0.717) is 0 Å². The zero-order valence-electron chi connectivity index (χ0n) is 5.83. The van der Waals surface area contributed by atoms with Crippen LogP contribution >= 0.6 is 9.42 Å². The summed E-state index contributed by atoms with van der Waals surface area (Å²) in [4.78, 5) is 0. The molecule has 0 bridgehead atoms. The molecule has 0 unspecified atom stereocenters. The van der Waals surface area contributed by atoms with Crippen LogP contribution in [0.3, 0.4) is 0 Å². The molecule has 0 heterocycles. The van der Waals surface area contributed by atoms with Gasteiger partial charge in [0.1, 0.15) is 0 Å². The Kier molecular flexibility index (Phi) is 9.89. The molecule has 0 aromatic carbocycles. The summed E-state index contributed by atoms with van der Waals surface area (Å²) in [6.07, 6.45) is 14.0. The molecule has 0 amide bonds. The predicted molar refractivity (Wildman–Crippen MR) is 42.6 cm³/mol. The summed E-state index contributed by atoms with van der Waals surface area (Å²) in [6, 6.07) is 0. The van der Waals surface area contributed by atoms with Gasteiger partial charge in [0.15, 0.2) is 0 Å². The Bertz CT molecular complexity index is 93.8. The van der Waals surface area contributed by atoms with Crippen LogP contribution < -0.4 is 0 Å². The topological polar surface area (TPSA) is 0 Å². The number of hydrogen-bond donors (Lipinski definition) is 0. The van der Waals surface area contributed by atoms with Gasteiger partial charge in [-0.25, -0.2) is 0 Å². The summed E-state index contributed by atoms with van der Waals surface area (Å²) in [5, 5.41) is 0. The third kappa shape index (κ3) is 6.58. The van der Waals surface area contributed by atoms with Gasteiger partial charge in [0.2, 0.25) is 0 Å². The molecule has 0 nitrogen and oxygen atoms in total. The van der Waals surface area contributed by atoms with Crippen LogP contribution in [-0.2, 0) is 18.8 Å². The molecule has 0 spiro atoms. The standard InChI is InChI=1S/C8H12.ClH.Pt/c1-2-4-6-8-7-5-3-1;;/h1-4H,5-8H2;1H;/q;;+1/p-1/b3-1-,4-2-;;. The fourth-order valence-corrected chi connectivity index (χ4v) is 0.874. The van der Waals surface area contributed by atoms with Crippen LogP contribution in [-0.4, -0.2) is 0 Å². The van der Waals surface area contributed by atoms with Crippen molar-refractivity contribution in [3.8, 4) is 0 Å². The summed E-state index contributed by atoms with van der Waals surface area (Å²) in [5.74, 6) is 0. The number of rotatable bonds is 0. The van der Waals surface area contributed by atoms with Crippen molar-refractivity contribution in [2.45, 2.75) is 25.7 Å². The summed E-state index contributed by atoms with van der Waals surface area (Å²) in [7, 11) is 4.61. The zero-order chi connectivity index (χ0) is 7.66. The van der Waals surface area contributed by atoms with Crippen molar-refractivity contribution in [2.75, 3.05) is 0 Å². The maximum absolute atomic E-state index is 4.61. The first kappa shape index (κ1) is 10.5. The Balaban J connectivity index is 0.000000371. The second-order valence-electron chi connectivity index (χ2n) is 2.14. The van der Waals surface area contributed by atoms with E-state index in [0.717, 1.165) is 0 Å². The molecule has 0 aromatic rings. The zero-order valence-corrected chi connectivity index (χ0v) is 8.86. The molecule has 0 aromatic heterocycles. The van der Waals surface area contributed by atoms with E-state index in [-0.39, 0.29) is 0 Å². The van der Waals surface area contributed by atoms with E-state index >= 15 is 0 Å². The van der Waals surface area contributed by atoms with Gasteiger partial charge in [0.05, 0.1) is 0 Å². The molecule has 0 atom stereocenters. The van der Waals surface area contributed by atoms with E-state index in [1.807, 2.05) is 0 Å². The van der Waals surface area contributed by atoms with Gasteiger partial charge in [0, 0.05) is 0 Å². The molecule has 1 aliphatic rings. The van der Waals surface area contributed by atoms with Gasteiger partial charge in [-0.05, 0) is 25.7 Å². The van der Waals surface area contributed by atoms with Gasteiger partial charge in [0.25, 0.3) is 0 Å². The summed E-state index contributed by atoms with van der Waals surface area (Å²) < 4.78 is 0. The Hall–Kier alpha value is 0.458. The first-order chi connectivity index (χ1) is 5.00. The van der Waals surface area contributed by atoms with Crippen molar-refractivity contribution in [3.63, 3.8) is 0 Å². The van der Waals surface area contributed by atoms with Gasteiger partial charge in [-0.1, -0.05) is 24.3 Å². The van der Waals surface area contributed by atoms with Crippen LogP contribution in [0.5, 0.6) is 0 Å². The number of allylic oxidation sites excluding steroid dienone is 4. The Morgan fingerprint density at radius 3 is 1.70 bits per heavy atom. The summed E-state index contributed by atoms with van der Waals surface area (Å²) in [6.45, 7) is 0. The van der Waals surface area contributed by atoms with Gasteiger partial charge in [-0.3, -0.25) is 0 Å². The van der Waals surface area contributed by atoms with E-state index in [2.05, 4.69) is 33.7 Å². The molecule has 2 heteroatoms. The van der Waals surface area contributed by atoms with E-state index < -0.39 is 0 Å². The van der Waals surface area contributed by atoms with Gasteiger partial charge in [-0.2, -0.15) is 0 Å². The van der Waals surface area contributed by atoms with E-state index in [1.165, 1.54) is 25.7 Å². The molecular formula is C8H12ClPt. The molecular weight excluding hydrogens is 327 g/mol. The third-order valence-electron chi connectivity index (χ3n) is 1.37. The second-order valence-corrected chi connectivity index (χ2v) is 2.14. The normalized spacial score (nSPS) is 23.1. The molecule has 0 aliphatic heterocycles. The van der Waals surface area contributed by atoms with Crippen LogP contribution in [0.4, 0.5) is 0 Å². The monoisotopic (exact) mass is 338 g/mol. The number of halogens is 1. The first-order valence-electron chi connectivity index (χ1n) is 3.44. The van der Waals surface area contributed by atoms with Crippen LogP contribution in [0, 0.1) is 0 Å². The Morgan fingerprint density at radius 2 is 1.30 bits per heavy atom. The molecule has 61 valence electrons. The third-order valence-corrected chi connectivity index (χ3v) is 1.37. The quantitative estimate of drug-likeness (QED) is 0.635. The molecule has 1 aliphatic carbocycles. The minimum atomic E-state index is 1.27. The minimum absolute atomic E-state index is 1.27. The van der Waals surface area contributed by atoms with Crippen LogP contribution in [0.1, 0.15) is 25.7 Å². The molecule has 0 fully saturated rings. The van der Waals surface area contributed by atoms with Crippen molar-refractivity contribution >= 4 is 9.42 Å². The number of hydrogen-bond acceptors (Lipinski definition) is 0. The van der Waals surface area contributed by atoms with Crippen LogP contribution in [0.15, 0.2) is 24.3 Å². The first-order valence-corrected chi connectivity index (χ1v) is 6.25. The molecule has 0 saturated heterocycles. The maximum atomic E-state index is 4.61. The van der Waals surface area contributed by atoms with E-state index in [9.17, 15) is 0 Å². The van der Waals surface area contributed by atoms with Crippen molar-refractivity contribution in [1.29, 1.82) is 0 Å². The van der Waals surface area contributed by atoms with Gasteiger partial charge >= 0.3 is 28.2 Å². The Morgan fingerprint density at radius 1 is 0.900 bits per heavy atom. The fourth-order valence-electron chi connectivity index (χ4n) is 0.874. The van der Waals surface area contributed by atoms with Gasteiger partial charge < -0.3 is 0 Å². The Labute approximate surface area is 78.2 Å². The summed E-state index contributed by atoms with van der Waals surface area (Å²) in [5.41, 5.74) is 0. The molecule has 0 saturated carbocycles. The SMILES string of the molecule is C1=C\CCCC\C=C/1.[Cl][Pt]. The van der Waals surface area contributed by atoms with Gasteiger partial charge in [-0.15, -0.1) is 0 Å². The average molecular weight is 339 g/mol. The second kappa shape index (κ2) is 9.46. The van der Waals surface area contributed by atoms with Crippen LogP contribution in [0.2, 0.25) is 0 Å². The molecule has 1 rings (SSSR count). The average Bonchev–Trinajstić information content (AvgIpc) is 1.90. The van der Waals surface area contributed by atoms with E-state index in [4.69, 9.17) is 0 Å². The van der Waals surface area contributed by atoms with Crippen LogP contribution in [0.25, 0.3) is 0 Å². The summed E-state index contributed by atoms with van der Waals surface area (Å²) >= 11 is 1.61. The van der Waals surface area contributed by atoms with Crippen molar-refractivity contribution in [3.05, 3.63) is 24.3 Å². The molecule has 0 N–H and O–H groups in total. The van der Waals surface area contributed by atoms with Crippen molar-refractivity contribution in [1.82, 2.24) is 0 Å². The molecule has 0 radical (unpaired) electrons.